The third-order valence-corrected chi connectivity index (χ3v) is 6.69. The van der Waals surface area contributed by atoms with Crippen LogP contribution in [0.15, 0.2) is 23.1 Å². The number of rotatable bonds is 11. The highest BCUT2D eigenvalue weighted by Gasteiger charge is 2.39. The van der Waals surface area contributed by atoms with Crippen LogP contribution >= 0.6 is 11.8 Å². The van der Waals surface area contributed by atoms with E-state index in [-0.39, 0.29) is 37.0 Å². The molecule has 2 heterocycles. The van der Waals surface area contributed by atoms with Crippen molar-refractivity contribution in [2.45, 2.75) is 62.4 Å². The molecule has 4 amide bonds. The van der Waals surface area contributed by atoms with E-state index in [0.29, 0.717) is 25.1 Å². The lowest BCUT2D eigenvalue weighted by Gasteiger charge is -2.29. The maximum absolute atomic E-state index is 12.8. The van der Waals surface area contributed by atoms with Crippen LogP contribution in [0.2, 0.25) is 0 Å². The monoisotopic (exact) mass is 461 g/mol. The number of nitrogens with one attached hydrogen (secondary N) is 2. The molecule has 1 fully saturated rings. The van der Waals surface area contributed by atoms with Gasteiger partial charge in [-0.05, 0) is 42.7 Å². The van der Waals surface area contributed by atoms with Crippen LogP contribution in [-0.4, -0.2) is 57.9 Å². The number of benzene rings is 1. The summed E-state index contributed by atoms with van der Waals surface area (Å²) in [7, 11) is 0. The summed E-state index contributed by atoms with van der Waals surface area (Å²) in [4.78, 5) is 61.0. The lowest BCUT2D eigenvalue weighted by Crippen LogP contribution is -2.52. The molecular weight excluding hydrogens is 434 g/mol. The number of carbonyl (C=O) groups excluding carboxylic acids is 4. The zero-order chi connectivity index (χ0) is 23.1. The molecule has 0 radical (unpaired) electrons. The molecule has 0 spiro atoms. The van der Waals surface area contributed by atoms with Crippen LogP contribution in [0, 0.1) is 0 Å². The summed E-state index contributed by atoms with van der Waals surface area (Å²) >= 11 is 1.67. The van der Waals surface area contributed by atoms with Gasteiger partial charge < -0.3 is 15.3 Å². The lowest BCUT2D eigenvalue weighted by molar-refractivity contribution is -0.139. The quantitative estimate of drug-likeness (QED) is 0.259. The molecule has 0 aliphatic carbocycles. The minimum Gasteiger partial charge on any atom is -0.481 e. The summed E-state index contributed by atoms with van der Waals surface area (Å²) in [6.45, 7) is 0.894. The Morgan fingerprint density at radius 3 is 2.72 bits per heavy atom. The average molecular weight is 462 g/mol. The number of unbranched alkanes of at least 4 members (excludes halogenated alkanes) is 2. The smallest absolute Gasteiger partial charge is 0.303 e. The Morgan fingerprint density at radius 1 is 1.16 bits per heavy atom. The number of carboxylic acid groups (broad SMARTS) is 1. The SMILES string of the molecule is O=C(O)CCC(=O)NCCCCCSc1cccc2c1CN(C1CCC(=O)NC1=O)C2=O. The van der Waals surface area contributed by atoms with Crippen molar-refractivity contribution in [1.82, 2.24) is 15.5 Å². The highest BCUT2D eigenvalue weighted by atomic mass is 32.2. The van der Waals surface area contributed by atoms with Gasteiger partial charge in [0.1, 0.15) is 6.04 Å². The zero-order valence-electron chi connectivity index (χ0n) is 17.7. The number of amides is 4. The number of carboxylic acids is 1. The molecule has 1 atom stereocenters. The van der Waals surface area contributed by atoms with Gasteiger partial charge in [-0.1, -0.05) is 12.5 Å². The van der Waals surface area contributed by atoms with Gasteiger partial charge in [-0.15, -0.1) is 11.8 Å². The van der Waals surface area contributed by atoms with Crippen LogP contribution < -0.4 is 10.6 Å². The predicted molar refractivity (Wildman–Crippen MR) is 117 cm³/mol. The largest absolute Gasteiger partial charge is 0.481 e. The Kier molecular flexibility index (Phi) is 8.26. The van der Waals surface area contributed by atoms with Gasteiger partial charge in [-0.2, -0.15) is 0 Å². The molecule has 1 aromatic carbocycles. The van der Waals surface area contributed by atoms with Crippen molar-refractivity contribution >= 4 is 41.4 Å². The Balaban J connectivity index is 1.43. The Hall–Kier alpha value is -2.88. The number of nitrogens with zero attached hydrogens (tertiary/aromatic N) is 1. The fourth-order valence-corrected chi connectivity index (χ4v) is 4.91. The third kappa shape index (κ3) is 6.09. The van der Waals surface area contributed by atoms with E-state index in [1.807, 2.05) is 12.1 Å². The van der Waals surface area contributed by atoms with E-state index in [2.05, 4.69) is 10.6 Å². The number of piperidine rings is 1. The summed E-state index contributed by atoms with van der Waals surface area (Å²) < 4.78 is 0. The molecule has 3 N–H and O–H groups in total. The van der Waals surface area contributed by atoms with Gasteiger partial charge in [0.15, 0.2) is 0 Å². The molecule has 32 heavy (non-hydrogen) atoms. The molecule has 1 aromatic rings. The second-order valence-corrected chi connectivity index (χ2v) is 8.97. The van der Waals surface area contributed by atoms with E-state index in [4.69, 9.17) is 5.11 Å². The van der Waals surface area contributed by atoms with Crippen molar-refractivity contribution in [1.29, 1.82) is 0 Å². The molecule has 1 saturated heterocycles. The lowest BCUT2D eigenvalue weighted by atomic mass is 10.0. The van der Waals surface area contributed by atoms with E-state index >= 15 is 0 Å². The molecule has 172 valence electrons. The first-order valence-corrected chi connectivity index (χ1v) is 11.7. The topological polar surface area (TPSA) is 133 Å². The van der Waals surface area contributed by atoms with E-state index in [0.717, 1.165) is 35.5 Å². The third-order valence-electron chi connectivity index (χ3n) is 5.51. The maximum Gasteiger partial charge on any atom is 0.303 e. The molecule has 10 heteroatoms. The molecule has 2 aliphatic heterocycles. The summed E-state index contributed by atoms with van der Waals surface area (Å²) in [5.41, 5.74) is 1.54. The second-order valence-electron chi connectivity index (χ2n) is 7.84. The average Bonchev–Trinajstić information content (AvgIpc) is 3.08. The van der Waals surface area contributed by atoms with Crippen molar-refractivity contribution in [3.05, 3.63) is 29.3 Å². The number of imide groups is 1. The van der Waals surface area contributed by atoms with Gasteiger partial charge in [0.2, 0.25) is 17.7 Å². The summed E-state index contributed by atoms with van der Waals surface area (Å²) in [5.74, 6) is -1.25. The highest BCUT2D eigenvalue weighted by Crippen LogP contribution is 2.34. The normalized spacial score (nSPS) is 17.8. The van der Waals surface area contributed by atoms with Crippen LogP contribution in [-0.2, 0) is 25.7 Å². The van der Waals surface area contributed by atoms with E-state index in [1.165, 1.54) is 0 Å². The van der Waals surface area contributed by atoms with E-state index in [9.17, 15) is 24.0 Å². The first kappa shape index (κ1) is 23.8. The van der Waals surface area contributed by atoms with Crippen molar-refractivity contribution < 1.29 is 29.1 Å². The Morgan fingerprint density at radius 2 is 1.97 bits per heavy atom. The van der Waals surface area contributed by atoms with Crippen LogP contribution in [0.25, 0.3) is 0 Å². The van der Waals surface area contributed by atoms with Crippen LogP contribution in [0.1, 0.15) is 60.9 Å². The van der Waals surface area contributed by atoms with Crippen LogP contribution in [0.3, 0.4) is 0 Å². The summed E-state index contributed by atoms with van der Waals surface area (Å²) in [6, 6.07) is 4.99. The zero-order valence-corrected chi connectivity index (χ0v) is 18.5. The Bertz CT molecular complexity index is 919. The maximum atomic E-state index is 12.8. The van der Waals surface area contributed by atoms with Crippen molar-refractivity contribution in [2.24, 2.45) is 0 Å². The molecule has 2 aliphatic rings. The standard InChI is InChI=1S/C22H27N3O6S/c26-18(9-10-20(28)29)23-11-2-1-3-12-32-17-6-4-5-14-15(17)13-25(22(14)31)16-7-8-19(27)24-21(16)30/h4-6,16H,1-3,7-13H2,(H,23,26)(H,28,29)(H,24,27,30). The van der Waals surface area contributed by atoms with Crippen LogP contribution in [0.5, 0.6) is 0 Å². The summed E-state index contributed by atoms with van der Waals surface area (Å²) in [6.07, 6.45) is 3.09. The van der Waals surface area contributed by atoms with Gasteiger partial charge in [0.25, 0.3) is 5.91 Å². The fraction of sp³-hybridized carbons (Fsp3) is 0.500. The van der Waals surface area contributed by atoms with E-state index < -0.39 is 17.9 Å². The molecule has 9 nitrogen and oxygen atoms in total. The number of aliphatic carboxylic acids is 1. The van der Waals surface area contributed by atoms with Gasteiger partial charge in [0, 0.05) is 36.4 Å². The summed E-state index contributed by atoms with van der Waals surface area (Å²) in [5, 5.41) is 13.6. The minimum absolute atomic E-state index is 0.00113. The van der Waals surface area contributed by atoms with Crippen molar-refractivity contribution in [3.63, 3.8) is 0 Å². The molecule has 0 saturated carbocycles. The number of fused-ring (bicyclic) bond motifs is 1. The molecule has 0 bridgehead atoms. The molecule has 3 rings (SSSR count). The van der Waals surface area contributed by atoms with Gasteiger partial charge in [0.05, 0.1) is 6.42 Å². The fourth-order valence-electron chi connectivity index (χ4n) is 3.82. The first-order valence-electron chi connectivity index (χ1n) is 10.7. The van der Waals surface area contributed by atoms with E-state index in [1.54, 1.807) is 22.7 Å². The number of hydrogen-bond donors (Lipinski definition) is 3. The molecule has 1 unspecified atom stereocenters. The van der Waals surface area contributed by atoms with Crippen LogP contribution in [0.4, 0.5) is 0 Å². The Labute approximate surface area is 190 Å². The van der Waals surface area contributed by atoms with Gasteiger partial charge >= 0.3 is 5.97 Å². The second kappa shape index (κ2) is 11.1. The first-order chi connectivity index (χ1) is 15.4. The van der Waals surface area contributed by atoms with Gasteiger partial charge in [-0.25, -0.2) is 0 Å². The van der Waals surface area contributed by atoms with Crippen molar-refractivity contribution in [2.75, 3.05) is 12.3 Å². The van der Waals surface area contributed by atoms with Gasteiger partial charge in [-0.3, -0.25) is 29.3 Å². The molecular formula is C22H27N3O6S. The number of carbonyl (C=O) groups is 5. The number of thioether (sulfide) groups is 1. The predicted octanol–water partition coefficient (Wildman–Crippen LogP) is 1.69. The molecule has 0 aromatic heterocycles. The van der Waals surface area contributed by atoms with Crippen molar-refractivity contribution in [3.8, 4) is 0 Å². The minimum atomic E-state index is -0.980. The highest BCUT2D eigenvalue weighted by molar-refractivity contribution is 7.99. The number of hydrogen-bond acceptors (Lipinski definition) is 6.